The smallest absolute Gasteiger partial charge is 0.253 e. The lowest BCUT2D eigenvalue weighted by Crippen LogP contribution is -2.44. The summed E-state index contributed by atoms with van der Waals surface area (Å²) >= 11 is 0. The molecule has 1 heterocycles. The fraction of sp³-hybridized carbons (Fsp3) is 0.500. The number of rotatable bonds is 3. The van der Waals surface area contributed by atoms with Crippen molar-refractivity contribution in [2.45, 2.75) is 25.3 Å². The third-order valence-electron chi connectivity index (χ3n) is 3.32. The first-order valence-electron chi connectivity index (χ1n) is 6.41. The predicted molar refractivity (Wildman–Crippen MR) is 69.0 cm³/mol. The molecule has 1 saturated heterocycles. The fourth-order valence-corrected chi connectivity index (χ4v) is 2.34. The van der Waals surface area contributed by atoms with Crippen LogP contribution in [0.5, 0.6) is 0 Å². The van der Waals surface area contributed by atoms with Gasteiger partial charge in [0.25, 0.3) is 5.91 Å². The zero-order chi connectivity index (χ0) is 13.0. The Bertz CT molecular complexity index is 416. The first-order chi connectivity index (χ1) is 8.66. The molecule has 1 unspecified atom stereocenters. The van der Waals surface area contributed by atoms with E-state index in [1.165, 1.54) is 25.0 Å². The minimum Gasteiger partial charge on any atom is -0.340 e. The third-order valence-corrected chi connectivity index (χ3v) is 3.32. The van der Waals surface area contributed by atoms with Crippen LogP contribution in [0.1, 0.15) is 29.6 Å². The summed E-state index contributed by atoms with van der Waals surface area (Å²) in [6.07, 6.45) is 3.51. The van der Waals surface area contributed by atoms with Gasteiger partial charge in [-0.2, -0.15) is 0 Å². The molecule has 4 heteroatoms. The zero-order valence-corrected chi connectivity index (χ0v) is 10.7. The molecule has 1 N–H and O–H groups in total. The maximum absolute atomic E-state index is 13.1. The standard InChI is InChI=1S/C14H19FN2O/c1-17(10-13-7-2-3-8-16-13)14(18)11-5-4-6-12(15)9-11/h4-6,9,13,16H,2-3,7-8,10H2,1H3. The molecule has 98 valence electrons. The molecular formula is C14H19FN2O. The third kappa shape index (κ3) is 3.29. The highest BCUT2D eigenvalue weighted by Crippen LogP contribution is 2.11. The number of piperidine rings is 1. The van der Waals surface area contributed by atoms with E-state index in [-0.39, 0.29) is 11.7 Å². The molecule has 0 spiro atoms. The van der Waals surface area contributed by atoms with Gasteiger partial charge in [-0.15, -0.1) is 0 Å². The summed E-state index contributed by atoms with van der Waals surface area (Å²) in [5, 5.41) is 3.40. The molecule has 0 aliphatic carbocycles. The van der Waals surface area contributed by atoms with Gasteiger partial charge in [-0.25, -0.2) is 4.39 Å². The maximum atomic E-state index is 13.1. The van der Waals surface area contributed by atoms with Gasteiger partial charge in [-0.3, -0.25) is 4.79 Å². The Morgan fingerprint density at radius 1 is 1.50 bits per heavy atom. The summed E-state index contributed by atoms with van der Waals surface area (Å²) < 4.78 is 13.1. The van der Waals surface area contributed by atoms with Gasteiger partial charge in [-0.05, 0) is 37.6 Å². The molecule has 1 atom stereocenters. The summed E-state index contributed by atoms with van der Waals surface area (Å²) in [6, 6.07) is 6.21. The SMILES string of the molecule is CN(CC1CCCCN1)C(=O)c1cccc(F)c1. The van der Waals surface area contributed by atoms with E-state index in [4.69, 9.17) is 0 Å². The molecule has 0 radical (unpaired) electrons. The summed E-state index contributed by atoms with van der Waals surface area (Å²) in [5.41, 5.74) is 0.410. The highest BCUT2D eigenvalue weighted by atomic mass is 19.1. The molecule has 3 nitrogen and oxygen atoms in total. The van der Waals surface area contributed by atoms with Crippen molar-refractivity contribution in [1.29, 1.82) is 0 Å². The minimum absolute atomic E-state index is 0.123. The van der Waals surface area contributed by atoms with Gasteiger partial charge in [0.05, 0.1) is 0 Å². The topological polar surface area (TPSA) is 32.3 Å². The normalized spacial score (nSPS) is 19.6. The van der Waals surface area contributed by atoms with E-state index in [1.54, 1.807) is 24.1 Å². The second-order valence-electron chi connectivity index (χ2n) is 4.84. The Morgan fingerprint density at radius 2 is 2.33 bits per heavy atom. The van der Waals surface area contributed by atoms with Crippen LogP contribution in [0.3, 0.4) is 0 Å². The van der Waals surface area contributed by atoms with Crippen LogP contribution in [-0.4, -0.2) is 37.0 Å². The molecule has 1 aromatic carbocycles. The van der Waals surface area contributed by atoms with E-state index in [9.17, 15) is 9.18 Å². The second-order valence-corrected chi connectivity index (χ2v) is 4.84. The number of carbonyl (C=O) groups excluding carboxylic acids is 1. The quantitative estimate of drug-likeness (QED) is 0.890. The predicted octanol–water partition coefficient (Wildman–Crippen LogP) is 2.04. The monoisotopic (exact) mass is 250 g/mol. The van der Waals surface area contributed by atoms with Crippen LogP contribution in [0.2, 0.25) is 0 Å². The first-order valence-corrected chi connectivity index (χ1v) is 6.41. The van der Waals surface area contributed by atoms with Crippen LogP contribution in [-0.2, 0) is 0 Å². The second kappa shape index (κ2) is 5.96. The number of benzene rings is 1. The Balaban J connectivity index is 1.95. The van der Waals surface area contributed by atoms with E-state index in [1.807, 2.05) is 0 Å². The molecule has 1 aromatic rings. The molecule has 1 fully saturated rings. The van der Waals surface area contributed by atoms with Crippen LogP contribution in [0.25, 0.3) is 0 Å². The largest absolute Gasteiger partial charge is 0.340 e. The van der Waals surface area contributed by atoms with Crippen LogP contribution < -0.4 is 5.32 Å². The van der Waals surface area contributed by atoms with E-state index < -0.39 is 0 Å². The molecule has 2 rings (SSSR count). The molecule has 0 aromatic heterocycles. The molecule has 1 aliphatic rings. The maximum Gasteiger partial charge on any atom is 0.253 e. The highest BCUT2D eigenvalue weighted by molar-refractivity contribution is 5.94. The molecule has 0 bridgehead atoms. The number of likely N-dealkylation sites (N-methyl/N-ethyl adjacent to an activating group) is 1. The summed E-state index contributed by atoms with van der Waals surface area (Å²) in [7, 11) is 1.77. The molecule has 1 aliphatic heterocycles. The van der Waals surface area contributed by atoms with Crippen molar-refractivity contribution >= 4 is 5.91 Å². The molecule has 18 heavy (non-hydrogen) atoms. The van der Waals surface area contributed by atoms with Crippen LogP contribution >= 0.6 is 0 Å². The van der Waals surface area contributed by atoms with Gasteiger partial charge in [0, 0.05) is 25.2 Å². The first kappa shape index (κ1) is 13.0. The molecule has 0 saturated carbocycles. The van der Waals surface area contributed by atoms with Crippen LogP contribution in [0, 0.1) is 5.82 Å². The van der Waals surface area contributed by atoms with Crippen molar-refractivity contribution in [1.82, 2.24) is 10.2 Å². The number of nitrogens with zero attached hydrogens (tertiary/aromatic N) is 1. The number of carbonyl (C=O) groups is 1. The van der Waals surface area contributed by atoms with Crippen molar-refractivity contribution < 1.29 is 9.18 Å². The van der Waals surface area contributed by atoms with Crippen LogP contribution in [0.15, 0.2) is 24.3 Å². The molecule has 1 amide bonds. The number of hydrogen-bond acceptors (Lipinski definition) is 2. The fourth-order valence-electron chi connectivity index (χ4n) is 2.34. The Kier molecular flexibility index (Phi) is 4.31. The number of amides is 1. The van der Waals surface area contributed by atoms with Crippen LogP contribution in [0.4, 0.5) is 4.39 Å². The average molecular weight is 250 g/mol. The zero-order valence-electron chi connectivity index (χ0n) is 10.7. The Hall–Kier alpha value is -1.42. The lowest BCUT2D eigenvalue weighted by atomic mass is 10.0. The summed E-state index contributed by atoms with van der Waals surface area (Å²) in [6.45, 7) is 1.70. The number of hydrogen-bond donors (Lipinski definition) is 1. The summed E-state index contributed by atoms with van der Waals surface area (Å²) in [4.78, 5) is 13.8. The highest BCUT2D eigenvalue weighted by Gasteiger charge is 2.18. The van der Waals surface area contributed by atoms with E-state index in [2.05, 4.69) is 5.32 Å². The van der Waals surface area contributed by atoms with Gasteiger partial charge < -0.3 is 10.2 Å². The van der Waals surface area contributed by atoms with E-state index in [0.29, 0.717) is 18.2 Å². The summed E-state index contributed by atoms with van der Waals surface area (Å²) in [5.74, 6) is -0.494. The van der Waals surface area contributed by atoms with Gasteiger partial charge in [0.2, 0.25) is 0 Å². The molecular weight excluding hydrogens is 231 g/mol. The minimum atomic E-state index is -0.370. The number of nitrogens with one attached hydrogen (secondary N) is 1. The van der Waals surface area contributed by atoms with Crippen molar-refractivity contribution in [2.75, 3.05) is 20.1 Å². The van der Waals surface area contributed by atoms with Crippen molar-refractivity contribution in [3.8, 4) is 0 Å². The van der Waals surface area contributed by atoms with Gasteiger partial charge in [0.1, 0.15) is 5.82 Å². The average Bonchev–Trinajstić information content (AvgIpc) is 2.39. The van der Waals surface area contributed by atoms with Crippen molar-refractivity contribution in [3.05, 3.63) is 35.6 Å². The van der Waals surface area contributed by atoms with Crippen molar-refractivity contribution in [2.24, 2.45) is 0 Å². The van der Waals surface area contributed by atoms with Gasteiger partial charge >= 0.3 is 0 Å². The van der Waals surface area contributed by atoms with E-state index in [0.717, 1.165) is 13.0 Å². The van der Waals surface area contributed by atoms with E-state index >= 15 is 0 Å². The lowest BCUT2D eigenvalue weighted by molar-refractivity contribution is 0.0775. The van der Waals surface area contributed by atoms with Gasteiger partial charge in [-0.1, -0.05) is 12.5 Å². The van der Waals surface area contributed by atoms with Gasteiger partial charge in [0.15, 0.2) is 0 Å². The lowest BCUT2D eigenvalue weighted by Gasteiger charge is -2.28. The Labute approximate surface area is 107 Å². The number of halogens is 1. The van der Waals surface area contributed by atoms with Crippen molar-refractivity contribution in [3.63, 3.8) is 0 Å². The Morgan fingerprint density at radius 3 is 3.00 bits per heavy atom.